The lowest BCUT2D eigenvalue weighted by Gasteiger charge is -2.13. The zero-order valence-electron chi connectivity index (χ0n) is 21.5. The number of primary amides is 1. The number of thiophene rings is 1. The lowest BCUT2D eigenvalue weighted by atomic mass is 10.1. The molecule has 9 nitrogen and oxygen atoms in total. The van der Waals surface area contributed by atoms with Gasteiger partial charge in [0.25, 0.3) is 5.91 Å². The second kappa shape index (κ2) is 9.83. The second-order valence-electron chi connectivity index (χ2n) is 9.03. The number of halogens is 3. The van der Waals surface area contributed by atoms with Crippen LogP contribution in [0.15, 0.2) is 59.4 Å². The number of nitrogens with two attached hydrogens (primary N) is 1. The monoisotopic (exact) mass is 568 g/mol. The lowest BCUT2D eigenvalue weighted by molar-refractivity contribution is -0.134. The van der Waals surface area contributed by atoms with Gasteiger partial charge in [0.2, 0.25) is 5.91 Å². The van der Waals surface area contributed by atoms with E-state index in [1.807, 2.05) is 0 Å². The van der Waals surface area contributed by atoms with E-state index in [9.17, 15) is 27.6 Å². The van der Waals surface area contributed by atoms with E-state index >= 15 is 0 Å². The fourth-order valence-corrected chi connectivity index (χ4v) is 5.82. The topological polar surface area (TPSA) is 117 Å². The van der Waals surface area contributed by atoms with E-state index in [4.69, 9.17) is 5.73 Å². The van der Waals surface area contributed by atoms with Gasteiger partial charge in [-0.2, -0.15) is 18.3 Å². The molecule has 0 unspecified atom stereocenters. The molecule has 0 atom stereocenters. The predicted octanol–water partition coefficient (Wildman–Crippen LogP) is 4.95. The van der Waals surface area contributed by atoms with Gasteiger partial charge in [0.1, 0.15) is 10.7 Å². The Morgan fingerprint density at radius 2 is 1.80 bits per heavy atom. The molecule has 0 spiro atoms. The molecule has 5 rings (SSSR count). The molecule has 2 amide bonds. The van der Waals surface area contributed by atoms with Gasteiger partial charge in [0.15, 0.2) is 0 Å². The SMILES string of the molecule is CCn1c(-c2ccc(-n3c(C)nn(C)c3=O)cc2)cc2sc(C(F)(F)F)c(C(=O)Nc3cccc(C(N)=O)c3)c21. The number of amides is 2. The van der Waals surface area contributed by atoms with Crippen molar-refractivity contribution in [3.05, 3.63) is 86.9 Å². The molecule has 0 bridgehead atoms. The van der Waals surface area contributed by atoms with Crippen LogP contribution in [0.25, 0.3) is 27.2 Å². The zero-order chi connectivity index (χ0) is 28.9. The average Bonchev–Trinajstić information content (AvgIpc) is 3.53. The molecule has 40 heavy (non-hydrogen) atoms. The Bertz CT molecular complexity index is 1840. The van der Waals surface area contributed by atoms with Crippen molar-refractivity contribution in [2.24, 2.45) is 12.8 Å². The summed E-state index contributed by atoms with van der Waals surface area (Å²) < 4.78 is 46.9. The number of carbonyl (C=O) groups is 2. The van der Waals surface area contributed by atoms with E-state index in [1.54, 1.807) is 55.8 Å². The summed E-state index contributed by atoms with van der Waals surface area (Å²) in [4.78, 5) is 36.3. The largest absolute Gasteiger partial charge is 0.426 e. The summed E-state index contributed by atoms with van der Waals surface area (Å²) in [6, 6.07) is 14.3. The van der Waals surface area contributed by atoms with Crippen LogP contribution in [0, 0.1) is 6.92 Å². The Balaban J connectivity index is 1.61. The number of nitrogens with one attached hydrogen (secondary N) is 1. The third kappa shape index (κ3) is 4.57. The van der Waals surface area contributed by atoms with E-state index in [2.05, 4.69) is 10.4 Å². The second-order valence-corrected chi connectivity index (χ2v) is 10.1. The van der Waals surface area contributed by atoms with Crippen LogP contribution >= 0.6 is 11.3 Å². The van der Waals surface area contributed by atoms with Gasteiger partial charge >= 0.3 is 11.9 Å². The van der Waals surface area contributed by atoms with Crippen LogP contribution in [-0.2, 0) is 19.8 Å². The predicted molar refractivity (Wildman–Crippen MR) is 146 cm³/mol. The van der Waals surface area contributed by atoms with Crippen molar-refractivity contribution in [3.63, 3.8) is 0 Å². The number of benzene rings is 2. The number of aryl methyl sites for hydroxylation is 3. The van der Waals surface area contributed by atoms with Crippen molar-refractivity contribution >= 4 is 39.1 Å². The fraction of sp³-hybridized carbons (Fsp3) is 0.185. The van der Waals surface area contributed by atoms with Crippen molar-refractivity contribution < 1.29 is 22.8 Å². The molecule has 5 aromatic rings. The number of carbonyl (C=O) groups excluding carboxylic acids is 2. The standard InChI is InChI=1S/C27H23F3N6O3S/c1-4-35-19(15-8-10-18(11-9-15)36-14(2)33-34(3)26(36)39)13-20-22(35)21(23(40-20)27(28,29)30)25(38)32-17-7-5-6-16(12-17)24(31)37/h5-13H,4H2,1-3H3,(H2,31,37)(H,32,38). The van der Waals surface area contributed by atoms with E-state index < -0.39 is 28.4 Å². The number of hydrogen-bond acceptors (Lipinski definition) is 5. The Labute approximate surface area is 229 Å². The molecular weight excluding hydrogens is 545 g/mol. The summed E-state index contributed by atoms with van der Waals surface area (Å²) in [6.07, 6.45) is -4.76. The lowest BCUT2D eigenvalue weighted by Crippen LogP contribution is -2.21. The number of aromatic nitrogens is 4. The molecule has 13 heteroatoms. The van der Waals surface area contributed by atoms with Crippen LogP contribution < -0.4 is 16.7 Å². The van der Waals surface area contributed by atoms with E-state index in [0.29, 0.717) is 38.8 Å². The molecule has 3 heterocycles. The summed E-state index contributed by atoms with van der Waals surface area (Å²) >= 11 is 0.492. The normalized spacial score (nSPS) is 11.8. The Hall–Kier alpha value is -4.65. The maximum absolute atomic E-state index is 14.1. The molecule has 2 aromatic carbocycles. The average molecular weight is 569 g/mol. The minimum Gasteiger partial charge on any atom is -0.366 e. The maximum Gasteiger partial charge on any atom is 0.426 e. The highest BCUT2D eigenvalue weighted by molar-refractivity contribution is 7.19. The smallest absolute Gasteiger partial charge is 0.366 e. The first-order valence-electron chi connectivity index (χ1n) is 12.1. The van der Waals surface area contributed by atoms with Crippen LogP contribution in [0.5, 0.6) is 0 Å². The van der Waals surface area contributed by atoms with Gasteiger partial charge in [-0.15, -0.1) is 11.3 Å². The van der Waals surface area contributed by atoms with Gasteiger partial charge in [0, 0.05) is 30.5 Å². The molecule has 0 aliphatic carbocycles. The number of anilines is 1. The van der Waals surface area contributed by atoms with Crippen molar-refractivity contribution in [2.75, 3.05) is 5.32 Å². The summed E-state index contributed by atoms with van der Waals surface area (Å²) in [5, 5.41) is 6.62. The van der Waals surface area contributed by atoms with Gasteiger partial charge in [-0.1, -0.05) is 18.2 Å². The highest BCUT2D eigenvalue weighted by atomic mass is 32.1. The van der Waals surface area contributed by atoms with E-state index in [1.165, 1.54) is 33.5 Å². The number of alkyl halides is 3. The summed E-state index contributed by atoms with van der Waals surface area (Å²) in [7, 11) is 1.55. The molecule has 0 aliphatic heterocycles. The van der Waals surface area contributed by atoms with Gasteiger partial charge in [-0.25, -0.2) is 14.0 Å². The highest BCUT2D eigenvalue weighted by Crippen LogP contribution is 2.45. The Kier molecular flexibility index (Phi) is 6.62. The first-order valence-corrected chi connectivity index (χ1v) is 12.9. The molecule has 3 N–H and O–H groups in total. The first kappa shape index (κ1) is 26.9. The summed E-state index contributed by atoms with van der Waals surface area (Å²) in [6.45, 7) is 3.77. The van der Waals surface area contributed by atoms with Crippen LogP contribution in [0.4, 0.5) is 18.9 Å². The number of hydrogen-bond donors (Lipinski definition) is 2. The number of nitrogens with zero attached hydrogens (tertiary/aromatic N) is 4. The van der Waals surface area contributed by atoms with Crippen LogP contribution in [0.3, 0.4) is 0 Å². The quantitative estimate of drug-likeness (QED) is 0.301. The van der Waals surface area contributed by atoms with Crippen molar-refractivity contribution in [1.82, 2.24) is 18.9 Å². The minimum absolute atomic E-state index is 0.107. The third-order valence-electron chi connectivity index (χ3n) is 6.45. The molecule has 206 valence electrons. The molecule has 0 fully saturated rings. The maximum atomic E-state index is 14.1. The molecule has 0 aliphatic rings. The molecular formula is C27H23F3N6O3S. The highest BCUT2D eigenvalue weighted by Gasteiger charge is 2.40. The Morgan fingerprint density at radius 3 is 2.38 bits per heavy atom. The number of rotatable bonds is 6. The van der Waals surface area contributed by atoms with E-state index in [-0.39, 0.29) is 29.0 Å². The molecule has 0 saturated heterocycles. The minimum atomic E-state index is -4.76. The van der Waals surface area contributed by atoms with Crippen molar-refractivity contribution in [3.8, 4) is 16.9 Å². The number of fused-ring (bicyclic) bond motifs is 1. The van der Waals surface area contributed by atoms with Crippen LogP contribution in [0.2, 0.25) is 0 Å². The van der Waals surface area contributed by atoms with Crippen LogP contribution in [0.1, 0.15) is 38.3 Å². The van der Waals surface area contributed by atoms with Gasteiger partial charge in [-0.3, -0.25) is 9.59 Å². The van der Waals surface area contributed by atoms with Gasteiger partial charge in [-0.05, 0) is 55.8 Å². The fourth-order valence-electron chi connectivity index (χ4n) is 4.72. The molecule has 3 aromatic heterocycles. The first-order chi connectivity index (χ1) is 18.9. The summed E-state index contributed by atoms with van der Waals surface area (Å²) in [5.41, 5.74) is 6.79. The molecule has 0 saturated carbocycles. The zero-order valence-corrected chi connectivity index (χ0v) is 22.4. The van der Waals surface area contributed by atoms with Gasteiger partial charge in [0.05, 0.1) is 21.5 Å². The molecule has 0 radical (unpaired) electrons. The van der Waals surface area contributed by atoms with Crippen LogP contribution in [-0.4, -0.2) is 30.7 Å². The third-order valence-corrected chi connectivity index (χ3v) is 7.62. The summed E-state index contributed by atoms with van der Waals surface area (Å²) in [5.74, 6) is -1.18. The van der Waals surface area contributed by atoms with Crippen molar-refractivity contribution in [1.29, 1.82) is 0 Å². The Morgan fingerprint density at radius 1 is 1.10 bits per heavy atom. The van der Waals surface area contributed by atoms with Crippen molar-refractivity contribution in [2.45, 2.75) is 26.6 Å². The van der Waals surface area contributed by atoms with Gasteiger partial charge < -0.3 is 15.6 Å². The van der Waals surface area contributed by atoms with E-state index in [0.717, 1.165) is 0 Å².